The predicted molar refractivity (Wildman–Crippen MR) is 134 cm³/mol. The molecule has 0 bridgehead atoms. The molecule has 0 spiro atoms. The Kier molecular flexibility index (Phi) is 19.1. The summed E-state index contributed by atoms with van der Waals surface area (Å²) in [5.74, 6) is -1.67. The zero-order chi connectivity index (χ0) is 26.7. The first kappa shape index (κ1) is 38.8. The summed E-state index contributed by atoms with van der Waals surface area (Å²) in [5.41, 5.74) is 0.877. The van der Waals surface area contributed by atoms with Crippen LogP contribution in [-0.2, 0) is 23.9 Å². The molecule has 2 heterocycles. The largest absolute Gasteiger partial charge is 1.00 e. The van der Waals surface area contributed by atoms with E-state index in [-0.39, 0.29) is 54.1 Å². The third-order valence-corrected chi connectivity index (χ3v) is 6.57. The van der Waals surface area contributed by atoms with Crippen LogP contribution in [-0.4, -0.2) is 96.5 Å². The van der Waals surface area contributed by atoms with Crippen molar-refractivity contribution in [3.8, 4) is 0 Å². The number of aliphatic hydroxyl groups is 1. The van der Waals surface area contributed by atoms with Gasteiger partial charge in [0.2, 0.25) is 0 Å². The van der Waals surface area contributed by atoms with Crippen molar-refractivity contribution in [2.75, 3.05) is 52.4 Å². The number of ether oxygens (including phenoxy) is 2. The van der Waals surface area contributed by atoms with Gasteiger partial charge < -0.3 is 48.4 Å². The van der Waals surface area contributed by atoms with Crippen molar-refractivity contribution in [3.63, 3.8) is 0 Å². The van der Waals surface area contributed by atoms with Gasteiger partial charge in [0.1, 0.15) is 26.2 Å². The Morgan fingerprint density at radius 2 is 1.00 bits per heavy atom. The lowest BCUT2D eigenvalue weighted by Gasteiger charge is -2.48. The Morgan fingerprint density at radius 3 is 1.22 bits per heavy atom. The maximum Gasteiger partial charge on any atom is 0.340 e. The monoisotopic (exact) mass is 552 g/mol. The topological polar surface area (TPSA) is 89.9 Å². The molecule has 2 fully saturated rings. The van der Waals surface area contributed by atoms with E-state index in [9.17, 15) is 14.4 Å². The second-order valence-electron chi connectivity index (χ2n) is 9.38. The van der Waals surface area contributed by atoms with E-state index in [4.69, 9.17) is 9.84 Å². The first-order valence-electron chi connectivity index (χ1n) is 12.0. The molecule has 8 nitrogen and oxygen atoms in total. The Labute approximate surface area is 230 Å². The zero-order valence-electron chi connectivity index (χ0n) is 23.1. The molecule has 0 aliphatic carbocycles. The minimum atomic E-state index is -0.710. The van der Waals surface area contributed by atoms with Crippen molar-refractivity contribution < 1.29 is 62.7 Å². The molecule has 1 N–H and O–H groups in total. The fourth-order valence-corrected chi connectivity index (χ4v) is 3.72. The summed E-state index contributed by atoms with van der Waals surface area (Å²) in [6.07, 6.45) is 0.101. The van der Waals surface area contributed by atoms with E-state index in [1.54, 1.807) is 6.92 Å². The number of quaternary nitrogens is 2. The quantitative estimate of drug-likeness (QED) is 0.147. The number of rotatable bonds is 8. The molecule has 2 aliphatic rings. The fraction of sp³-hybridized carbons (Fsp3) is 0.654. The highest BCUT2D eigenvalue weighted by Gasteiger charge is 2.43. The SMILES string of the molecule is C=C(C)C(=O)OC(=O)C(=C)C.C=C(C)C(=O)OC1C[N+](CC)(CC)C1.CC[N+]1(CC)CC(O)C1.[Cl-].[Cl-]. The number of esters is 3. The van der Waals surface area contributed by atoms with Crippen molar-refractivity contribution >= 4 is 17.9 Å². The van der Waals surface area contributed by atoms with Crippen LogP contribution in [0.15, 0.2) is 36.5 Å². The van der Waals surface area contributed by atoms with E-state index in [0.29, 0.717) is 5.57 Å². The first-order chi connectivity index (χ1) is 15.7. The van der Waals surface area contributed by atoms with Crippen molar-refractivity contribution in [3.05, 3.63) is 36.5 Å². The van der Waals surface area contributed by atoms with Gasteiger partial charge in [0.15, 0.2) is 12.2 Å². The van der Waals surface area contributed by atoms with E-state index in [0.717, 1.165) is 48.2 Å². The Morgan fingerprint density at radius 1 is 0.694 bits per heavy atom. The van der Waals surface area contributed by atoms with Crippen LogP contribution >= 0.6 is 0 Å². The molecule has 10 heteroatoms. The van der Waals surface area contributed by atoms with Gasteiger partial charge >= 0.3 is 17.9 Å². The molecule has 0 saturated carbocycles. The van der Waals surface area contributed by atoms with Crippen LogP contribution in [0.2, 0.25) is 0 Å². The van der Waals surface area contributed by atoms with Gasteiger partial charge in [-0.15, -0.1) is 0 Å². The van der Waals surface area contributed by atoms with Crippen molar-refractivity contribution in [2.45, 2.75) is 60.7 Å². The van der Waals surface area contributed by atoms with Crippen molar-refractivity contribution in [2.24, 2.45) is 0 Å². The molecule has 0 atom stereocenters. The van der Waals surface area contributed by atoms with Gasteiger partial charge in [0, 0.05) is 16.7 Å². The molecule has 2 rings (SSSR count). The van der Waals surface area contributed by atoms with E-state index in [2.05, 4.69) is 52.2 Å². The van der Waals surface area contributed by atoms with Gasteiger partial charge in [-0.25, -0.2) is 14.4 Å². The molecule has 0 aromatic heterocycles. The van der Waals surface area contributed by atoms with Crippen LogP contribution in [0, 0.1) is 0 Å². The lowest BCUT2D eigenvalue weighted by Crippen LogP contribution is -3.00. The van der Waals surface area contributed by atoms with Crippen LogP contribution in [0.25, 0.3) is 0 Å². The number of aliphatic hydroxyl groups excluding tert-OH is 1. The molecule has 2 saturated heterocycles. The molecule has 36 heavy (non-hydrogen) atoms. The minimum Gasteiger partial charge on any atom is -1.00 e. The van der Waals surface area contributed by atoms with Gasteiger partial charge in [-0.2, -0.15) is 0 Å². The molecule has 0 aromatic carbocycles. The molecule has 0 aromatic rings. The van der Waals surface area contributed by atoms with Crippen LogP contribution < -0.4 is 24.8 Å². The third kappa shape index (κ3) is 12.5. The molecule has 0 unspecified atom stereocenters. The lowest BCUT2D eigenvalue weighted by atomic mass is 10.1. The van der Waals surface area contributed by atoms with Gasteiger partial charge in [-0.3, -0.25) is 0 Å². The maximum absolute atomic E-state index is 11.2. The molecule has 2 aliphatic heterocycles. The molecule has 210 valence electrons. The summed E-state index contributed by atoms with van der Waals surface area (Å²) in [7, 11) is 0. The second kappa shape index (κ2) is 17.7. The number of halogens is 2. The number of likely N-dealkylation sites (tertiary alicyclic amines) is 2. The molecule has 0 radical (unpaired) electrons. The average Bonchev–Trinajstić information content (AvgIpc) is 2.74. The Balaban J connectivity index is -0.000000452. The first-order valence-corrected chi connectivity index (χ1v) is 12.0. The van der Waals surface area contributed by atoms with Gasteiger partial charge in [-0.1, -0.05) is 19.7 Å². The van der Waals surface area contributed by atoms with Crippen LogP contribution in [0.4, 0.5) is 0 Å². The highest BCUT2D eigenvalue weighted by Crippen LogP contribution is 2.22. The summed E-state index contributed by atoms with van der Waals surface area (Å²) in [6.45, 7) is 32.0. The smallest absolute Gasteiger partial charge is 0.340 e. The zero-order valence-corrected chi connectivity index (χ0v) is 24.6. The number of nitrogens with zero attached hydrogens (tertiary/aromatic N) is 2. The van der Waals surface area contributed by atoms with E-state index in [1.165, 1.54) is 26.9 Å². The summed E-state index contributed by atoms with van der Waals surface area (Å²) < 4.78 is 11.8. The Hall–Kier alpha value is -1.71. The van der Waals surface area contributed by atoms with E-state index >= 15 is 0 Å². The molecule has 0 amide bonds. The number of likely N-dealkylation sites (N-methyl/N-ethyl adjacent to an activating group) is 2. The van der Waals surface area contributed by atoms with Crippen LogP contribution in [0.5, 0.6) is 0 Å². The summed E-state index contributed by atoms with van der Waals surface area (Å²) in [4.78, 5) is 32.6. The highest BCUT2D eigenvalue weighted by molar-refractivity contribution is 6.00. The fourth-order valence-electron chi connectivity index (χ4n) is 3.72. The second-order valence-corrected chi connectivity index (χ2v) is 9.38. The number of carbonyl (C=O) groups excluding carboxylic acids is 3. The van der Waals surface area contributed by atoms with Crippen LogP contribution in [0.1, 0.15) is 48.5 Å². The Bertz CT molecular complexity index is 736. The van der Waals surface area contributed by atoms with Crippen molar-refractivity contribution in [1.29, 1.82) is 0 Å². The predicted octanol–water partition coefficient (Wildman–Crippen LogP) is -3.22. The summed E-state index contributed by atoms with van der Waals surface area (Å²) >= 11 is 0. The minimum absolute atomic E-state index is 0. The molecular formula is C26H46Cl2N2O6. The van der Waals surface area contributed by atoms with Gasteiger partial charge in [-0.05, 0) is 48.5 Å². The number of carbonyl (C=O) groups is 3. The summed E-state index contributed by atoms with van der Waals surface area (Å²) in [5, 5.41) is 9.03. The van der Waals surface area contributed by atoms with E-state index < -0.39 is 11.9 Å². The number of hydrogen-bond acceptors (Lipinski definition) is 6. The average molecular weight is 554 g/mol. The van der Waals surface area contributed by atoms with Crippen LogP contribution in [0.3, 0.4) is 0 Å². The van der Waals surface area contributed by atoms with Gasteiger partial charge in [0.05, 0.1) is 26.2 Å². The van der Waals surface area contributed by atoms with E-state index in [1.807, 2.05) is 0 Å². The highest BCUT2D eigenvalue weighted by atomic mass is 35.5. The normalized spacial score (nSPS) is 16.8. The van der Waals surface area contributed by atoms with Crippen molar-refractivity contribution in [1.82, 2.24) is 0 Å². The maximum atomic E-state index is 11.2. The summed E-state index contributed by atoms with van der Waals surface area (Å²) in [6, 6.07) is 0. The third-order valence-electron chi connectivity index (χ3n) is 6.57. The number of hydrogen-bond donors (Lipinski definition) is 1. The molecular weight excluding hydrogens is 507 g/mol. The lowest BCUT2D eigenvalue weighted by molar-refractivity contribution is -0.969. The van der Waals surface area contributed by atoms with Gasteiger partial charge in [0.25, 0.3) is 0 Å². The standard InChI is InChI=1S/C11H20NO2.C8H10O3.C7H16NO.2ClH/c1-5-12(6-2)7-10(8-12)14-11(13)9(3)4;1-5(2)7(9)11-8(10)6(3)4;1-3-8(4-2)5-7(9)6-8;;/h10H,3,5-8H2,1-2,4H3;1,3H2,2,4H3;7,9H,3-6H2,1-2H3;2*1H/q+1;;+1;;/p-2.